The molecule has 0 saturated carbocycles. The fraction of sp³-hybridized carbons (Fsp3) is 0.500. The topological polar surface area (TPSA) is 106 Å². The SMILES string of the molecule is CC(C)(C)[S@@](=O)NC1CCc2c(C#N)cccc21.CC(C)(C)[S@@](=O)NC1CCc2c(C#N)cccc21. The van der Waals surface area contributed by atoms with Crippen LogP contribution >= 0.6 is 0 Å². The van der Waals surface area contributed by atoms with E-state index in [-0.39, 0.29) is 21.6 Å². The van der Waals surface area contributed by atoms with Gasteiger partial charge in [-0.2, -0.15) is 10.5 Å². The van der Waals surface area contributed by atoms with Crippen molar-refractivity contribution in [3.8, 4) is 12.1 Å². The quantitative estimate of drug-likeness (QED) is 0.574. The molecule has 0 radical (unpaired) electrons. The van der Waals surface area contributed by atoms with Crippen molar-refractivity contribution in [2.75, 3.05) is 0 Å². The summed E-state index contributed by atoms with van der Waals surface area (Å²) in [5.41, 5.74) is 5.99. The summed E-state index contributed by atoms with van der Waals surface area (Å²) in [7, 11) is -2.15. The van der Waals surface area contributed by atoms with Crippen LogP contribution in [0.5, 0.6) is 0 Å². The van der Waals surface area contributed by atoms with Crippen LogP contribution in [0.15, 0.2) is 36.4 Å². The largest absolute Gasteiger partial charge is 0.242 e. The molecule has 0 aromatic heterocycles. The molecule has 0 spiro atoms. The minimum atomic E-state index is -1.08. The van der Waals surface area contributed by atoms with Crippen molar-refractivity contribution in [1.29, 1.82) is 10.5 Å². The number of fused-ring (bicyclic) bond motifs is 2. The lowest BCUT2D eigenvalue weighted by molar-refractivity contribution is 0.595. The van der Waals surface area contributed by atoms with Gasteiger partial charge in [-0.3, -0.25) is 0 Å². The van der Waals surface area contributed by atoms with Crippen molar-refractivity contribution in [2.45, 2.75) is 88.8 Å². The molecule has 0 aliphatic heterocycles. The molecule has 2 aromatic carbocycles. The molecule has 0 amide bonds. The minimum Gasteiger partial charge on any atom is -0.242 e. The average Bonchev–Trinajstić information content (AvgIpc) is 3.42. The Hall–Kier alpha value is -2.36. The Morgan fingerprint density at radius 3 is 1.39 bits per heavy atom. The van der Waals surface area contributed by atoms with E-state index >= 15 is 0 Å². The zero-order chi connectivity index (χ0) is 26.7. The Balaban J connectivity index is 0.000000201. The van der Waals surface area contributed by atoms with Gasteiger partial charge in [0.1, 0.15) is 0 Å². The standard InChI is InChI=1S/2C14H18N2OS/c2*1-14(2,3)18(17)16-13-8-7-11-10(9-15)5-4-6-12(11)13/h2*4-6,13,16H,7-8H2,1-3H3/t2*13?,18-/m11/s1. The van der Waals surface area contributed by atoms with Crippen molar-refractivity contribution < 1.29 is 8.42 Å². The second-order valence-corrected chi connectivity index (χ2v) is 15.1. The highest BCUT2D eigenvalue weighted by molar-refractivity contribution is 7.84. The van der Waals surface area contributed by atoms with Crippen LogP contribution in [0.2, 0.25) is 0 Å². The Labute approximate surface area is 220 Å². The number of hydrogen-bond acceptors (Lipinski definition) is 4. The molecular weight excluding hydrogens is 488 g/mol. The summed E-state index contributed by atoms with van der Waals surface area (Å²) in [4.78, 5) is 0. The van der Waals surface area contributed by atoms with Gasteiger partial charge in [0.15, 0.2) is 0 Å². The van der Waals surface area contributed by atoms with Crippen LogP contribution in [0.1, 0.15) is 99.8 Å². The second-order valence-electron chi connectivity index (χ2n) is 11.2. The summed E-state index contributed by atoms with van der Waals surface area (Å²) >= 11 is 0. The first-order chi connectivity index (χ1) is 16.9. The average molecular weight is 525 g/mol. The molecule has 192 valence electrons. The zero-order valence-electron chi connectivity index (χ0n) is 22.0. The highest BCUT2D eigenvalue weighted by Gasteiger charge is 2.30. The Morgan fingerprint density at radius 1 is 0.722 bits per heavy atom. The van der Waals surface area contributed by atoms with Crippen LogP contribution in [0.4, 0.5) is 0 Å². The lowest BCUT2D eigenvalue weighted by atomic mass is 10.0. The van der Waals surface area contributed by atoms with Gasteiger partial charge in [-0.05, 0) is 102 Å². The molecule has 0 fully saturated rings. The highest BCUT2D eigenvalue weighted by Crippen LogP contribution is 2.35. The molecule has 8 heteroatoms. The van der Waals surface area contributed by atoms with Crippen molar-refractivity contribution in [3.05, 3.63) is 69.8 Å². The molecule has 4 atom stereocenters. The van der Waals surface area contributed by atoms with E-state index < -0.39 is 22.0 Å². The second kappa shape index (κ2) is 11.4. The van der Waals surface area contributed by atoms with Crippen LogP contribution < -0.4 is 9.44 Å². The lowest BCUT2D eigenvalue weighted by Gasteiger charge is -2.22. The van der Waals surface area contributed by atoms with E-state index in [1.165, 1.54) is 0 Å². The molecule has 0 bridgehead atoms. The van der Waals surface area contributed by atoms with E-state index in [1.54, 1.807) is 0 Å². The van der Waals surface area contributed by atoms with Crippen molar-refractivity contribution in [3.63, 3.8) is 0 Å². The smallest absolute Gasteiger partial charge is 0.0994 e. The van der Waals surface area contributed by atoms with Crippen LogP contribution in [0.25, 0.3) is 0 Å². The first-order valence-corrected chi connectivity index (χ1v) is 14.6. The molecule has 2 aliphatic carbocycles. The van der Waals surface area contributed by atoms with E-state index in [0.717, 1.165) is 59.1 Å². The lowest BCUT2D eigenvalue weighted by Crippen LogP contribution is -2.35. The Morgan fingerprint density at radius 2 is 1.08 bits per heavy atom. The van der Waals surface area contributed by atoms with Gasteiger partial charge in [0.25, 0.3) is 0 Å². The molecule has 2 N–H and O–H groups in total. The van der Waals surface area contributed by atoms with Crippen molar-refractivity contribution >= 4 is 22.0 Å². The molecule has 2 unspecified atom stereocenters. The Bertz CT molecular complexity index is 1150. The van der Waals surface area contributed by atoms with Gasteiger partial charge in [-0.1, -0.05) is 24.3 Å². The molecule has 0 saturated heterocycles. The first kappa shape index (κ1) is 28.2. The van der Waals surface area contributed by atoms with E-state index in [1.807, 2.05) is 77.9 Å². The third-order valence-electron chi connectivity index (χ3n) is 6.39. The fourth-order valence-electron chi connectivity index (χ4n) is 4.37. The summed E-state index contributed by atoms with van der Waals surface area (Å²) in [6, 6.07) is 16.2. The first-order valence-electron chi connectivity index (χ1n) is 12.3. The molecular formula is C28H36N4O2S2. The number of nitriles is 2. The van der Waals surface area contributed by atoms with Crippen LogP contribution in [-0.2, 0) is 34.8 Å². The number of nitrogens with zero attached hydrogens (tertiary/aromatic N) is 2. The van der Waals surface area contributed by atoms with Gasteiger partial charge >= 0.3 is 0 Å². The fourth-order valence-corrected chi connectivity index (χ4v) is 6.09. The maximum atomic E-state index is 12.1. The van der Waals surface area contributed by atoms with E-state index in [2.05, 4.69) is 21.6 Å². The molecule has 2 aliphatic rings. The molecule has 6 nitrogen and oxygen atoms in total. The molecule has 4 rings (SSSR count). The van der Waals surface area contributed by atoms with Gasteiger partial charge in [-0.25, -0.2) is 17.9 Å². The normalized spacial score (nSPS) is 20.2. The highest BCUT2D eigenvalue weighted by atomic mass is 32.2. The minimum absolute atomic E-state index is 0.105. The number of nitrogens with one attached hydrogen (secondary N) is 2. The Kier molecular flexibility index (Phi) is 8.90. The van der Waals surface area contributed by atoms with Crippen molar-refractivity contribution in [2.24, 2.45) is 0 Å². The molecule has 0 heterocycles. The van der Waals surface area contributed by atoms with Crippen LogP contribution in [-0.4, -0.2) is 17.9 Å². The van der Waals surface area contributed by atoms with Crippen LogP contribution in [0, 0.1) is 22.7 Å². The summed E-state index contributed by atoms with van der Waals surface area (Å²) in [5, 5.41) is 18.1. The summed E-state index contributed by atoms with van der Waals surface area (Å²) < 4.78 is 30.1. The van der Waals surface area contributed by atoms with Crippen LogP contribution in [0.3, 0.4) is 0 Å². The molecule has 36 heavy (non-hydrogen) atoms. The maximum absolute atomic E-state index is 12.1. The van der Waals surface area contributed by atoms with Gasteiger partial charge in [0.05, 0.1) is 54.7 Å². The maximum Gasteiger partial charge on any atom is 0.0994 e. The summed E-state index contributed by atoms with van der Waals surface area (Å²) in [6.45, 7) is 11.7. The summed E-state index contributed by atoms with van der Waals surface area (Å²) in [6.07, 6.45) is 3.60. The van der Waals surface area contributed by atoms with Gasteiger partial charge < -0.3 is 0 Å². The number of rotatable bonds is 4. The third-order valence-corrected chi connectivity index (χ3v) is 9.62. The monoisotopic (exact) mass is 524 g/mol. The van der Waals surface area contributed by atoms with E-state index in [0.29, 0.717) is 0 Å². The van der Waals surface area contributed by atoms with Gasteiger partial charge in [0.2, 0.25) is 0 Å². The van der Waals surface area contributed by atoms with E-state index in [9.17, 15) is 8.42 Å². The number of hydrogen-bond donors (Lipinski definition) is 2. The predicted molar refractivity (Wildman–Crippen MR) is 147 cm³/mol. The van der Waals surface area contributed by atoms with E-state index in [4.69, 9.17) is 10.5 Å². The van der Waals surface area contributed by atoms with Gasteiger partial charge in [0, 0.05) is 12.1 Å². The zero-order valence-corrected chi connectivity index (χ0v) is 23.6. The number of benzene rings is 2. The van der Waals surface area contributed by atoms with Crippen molar-refractivity contribution in [1.82, 2.24) is 9.44 Å². The summed E-state index contributed by atoms with van der Waals surface area (Å²) in [5.74, 6) is 0. The molecule has 2 aromatic rings. The van der Waals surface area contributed by atoms with Gasteiger partial charge in [-0.15, -0.1) is 0 Å². The predicted octanol–water partition coefficient (Wildman–Crippen LogP) is 5.19. The third kappa shape index (κ3) is 6.49.